The van der Waals surface area contributed by atoms with Crippen molar-refractivity contribution in [2.45, 2.75) is 31.8 Å². The Labute approximate surface area is 147 Å². The van der Waals surface area contributed by atoms with Crippen molar-refractivity contribution < 1.29 is 9.18 Å². The van der Waals surface area contributed by atoms with Gasteiger partial charge < -0.3 is 5.32 Å². The number of hydrogen-bond donors (Lipinski definition) is 1. The first-order valence-electron chi connectivity index (χ1n) is 7.03. The zero-order chi connectivity index (χ0) is 17.0. The molecular weight excluding hydrogens is 381 g/mol. The maximum Gasteiger partial charge on any atom is 0.224 e. The maximum absolute atomic E-state index is 13.7. The van der Waals surface area contributed by atoms with Gasteiger partial charge in [0.25, 0.3) is 0 Å². The quantitative estimate of drug-likeness (QED) is 0.603. The fraction of sp³-hybridized carbons (Fsp3) is 0.312. The number of amides is 1. The third-order valence-electron chi connectivity index (χ3n) is 3.39. The van der Waals surface area contributed by atoms with Gasteiger partial charge in [-0.2, -0.15) is 0 Å². The Kier molecular flexibility index (Phi) is 6.12. The molecule has 1 heterocycles. The summed E-state index contributed by atoms with van der Waals surface area (Å²) in [6.07, 6.45) is 2.70. The molecule has 1 aromatic carbocycles. The van der Waals surface area contributed by atoms with Gasteiger partial charge in [-0.15, -0.1) is 0 Å². The number of carbonyl (C=O) groups is 1. The topological polar surface area (TPSA) is 54.9 Å². The lowest BCUT2D eigenvalue weighted by Gasteiger charge is -2.10. The third kappa shape index (κ3) is 4.75. The number of anilines is 1. The van der Waals surface area contributed by atoms with Crippen molar-refractivity contribution in [2.75, 3.05) is 11.6 Å². The minimum atomic E-state index is -0.465. The molecule has 122 valence electrons. The van der Waals surface area contributed by atoms with Crippen LogP contribution in [0.1, 0.15) is 23.4 Å². The van der Waals surface area contributed by atoms with Crippen molar-refractivity contribution in [2.24, 2.45) is 0 Å². The summed E-state index contributed by atoms with van der Waals surface area (Å²) in [5, 5.41) is 3.32. The van der Waals surface area contributed by atoms with Crippen molar-refractivity contribution in [3.63, 3.8) is 0 Å². The third-order valence-corrected chi connectivity index (χ3v) is 4.43. The van der Waals surface area contributed by atoms with Crippen molar-refractivity contribution >= 4 is 39.3 Å². The Bertz CT molecular complexity index is 716. The van der Waals surface area contributed by atoms with E-state index in [0.717, 1.165) is 22.1 Å². The van der Waals surface area contributed by atoms with Crippen LogP contribution >= 0.6 is 27.7 Å². The van der Waals surface area contributed by atoms with Crippen molar-refractivity contribution in [3.05, 3.63) is 45.4 Å². The molecule has 0 radical (unpaired) electrons. The van der Waals surface area contributed by atoms with Crippen LogP contribution in [0.2, 0.25) is 0 Å². The first-order chi connectivity index (χ1) is 10.9. The Hall–Kier alpha value is -1.47. The van der Waals surface area contributed by atoms with Crippen LogP contribution in [0.4, 0.5) is 10.1 Å². The molecule has 0 bridgehead atoms. The molecular formula is C16H17BrFN3OS. The number of hydrogen-bond acceptors (Lipinski definition) is 4. The fourth-order valence-electron chi connectivity index (χ4n) is 2.20. The lowest BCUT2D eigenvalue weighted by atomic mass is 10.1. The fourth-order valence-corrected chi connectivity index (χ4v) is 2.99. The lowest BCUT2D eigenvalue weighted by molar-refractivity contribution is -0.116. The van der Waals surface area contributed by atoms with E-state index >= 15 is 0 Å². The minimum absolute atomic E-state index is 0.181. The second kappa shape index (κ2) is 7.88. The molecule has 0 fully saturated rings. The van der Waals surface area contributed by atoms with Gasteiger partial charge in [0, 0.05) is 22.3 Å². The van der Waals surface area contributed by atoms with E-state index in [-0.39, 0.29) is 18.0 Å². The zero-order valence-electron chi connectivity index (χ0n) is 13.1. The van der Waals surface area contributed by atoms with Gasteiger partial charge >= 0.3 is 0 Å². The normalized spacial score (nSPS) is 10.7. The van der Waals surface area contributed by atoms with Crippen molar-refractivity contribution in [1.29, 1.82) is 0 Å². The molecule has 0 aliphatic rings. The van der Waals surface area contributed by atoms with E-state index in [0.29, 0.717) is 10.9 Å². The van der Waals surface area contributed by atoms with E-state index in [4.69, 9.17) is 0 Å². The summed E-state index contributed by atoms with van der Waals surface area (Å²) < 4.78 is 14.3. The van der Waals surface area contributed by atoms with Gasteiger partial charge in [-0.25, -0.2) is 14.4 Å². The van der Waals surface area contributed by atoms with Crippen molar-refractivity contribution in [3.8, 4) is 0 Å². The van der Waals surface area contributed by atoms with Gasteiger partial charge in [0.05, 0.1) is 5.69 Å². The molecule has 2 aromatic rings. The summed E-state index contributed by atoms with van der Waals surface area (Å²) in [5.41, 5.74) is 2.91. The Morgan fingerprint density at radius 2 is 1.96 bits per heavy atom. The predicted molar refractivity (Wildman–Crippen MR) is 94.3 cm³/mol. The SMILES string of the molecule is CSc1nc(C)c(CCC(=O)Nc2ccc(Br)cc2F)c(C)n1. The van der Waals surface area contributed by atoms with Crippen LogP contribution in [0.25, 0.3) is 0 Å². The number of carbonyl (C=O) groups excluding carboxylic acids is 1. The molecule has 0 saturated carbocycles. The highest BCUT2D eigenvalue weighted by atomic mass is 79.9. The molecule has 0 unspecified atom stereocenters. The molecule has 0 atom stereocenters. The number of nitrogens with zero attached hydrogens (tertiary/aromatic N) is 2. The summed E-state index contributed by atoms with van der Waals surface area (Å²) in [4.78, 5) is 20.8. The molecule has 23 heavy (non-hydrogen) atoms. The van der Waals surface area contributed by atoms with Crippen LogP contribution in [-0.4, -0.2) is 22.1 Å². The first kappa shape index (κ1) is 17.9. The molecule has 2 rings (SSSR count). The Balaban J connectivity index is 2.02. The predicted octanol–water partition coefficient (Wildman–Crippen LogP) is 4.29. The molecule has 4 nitrogen and oxygen atoms in total. The summed E-state index contributed by atoms with van der Waals surface area (Å²) in [7, 11) is 0. The highest BCUT2D eigenvalue weighted by molar-refractivity contribution is 9.10. The first-order valence-corrected chi connectivity index (χ1v) is 9.05. The van der Waals surface area contributed by atoms with Gasteiger partial charge in [0.15, 0.2) is 5.16 Å². The van der Waals surface area contributed by atoms with Crippen LogP contribution in [-0.2, 0) is 11.2 Å². The molecule has 0 spiro atoms. The molecule has 1 amide bonds. The molecule has 0 aliphatic heterocycles. The van der Waals surface area contributed by atoms with E-state index in [1.807, 2.05) is 20.1 Å². The standard InChI is InChI=1S/C16H17BrFN3OS/c1-9-12(10(2)20-16(19-9)23-3)5-7-15(22)21-14-6-4-11(17)8-13(14)18/h4,6,8H,5,7H2,1-3H3,(H,21,22). The monoisotopic (exact) mass is 397 g/mol. The average molecular weight is 398 g/mol. The van der Waals surface area contributed by atoms with Crippen molar-refractivity contribution in [1.82, 2.24) is 9.97 Å². The number of rotatable bonds is 5. The zero-order valence-corrected chi connectivity index (χ0v) is 15.5. The molecule has 0 saturated heterocycles. The van der Waals surface area contributed by atoms with Crippen LogP contribution in [0.5, 0.6) is 0 Å². The van der Waals surface area contributed by atoms with Gasteiger partial charge in [0.2, 0.25) is 5.91 Å². The lowest BCUT2D eigenvalue weighted by Crippen LogP contribution is -2.14. The number of nitrogens with one attached hydrogen (secondary N) is 1. The highest BCUT2D eigenvalue weighted by Gasteiger charge is 2.12. The molecule has 1 aromatic heterocycles. The van der Waals surface area contributed by atoms with Crippen LogP contribution in [0, 0.1) is 19.7 Å². The summed E-state index contributed by atoms with van der Waals surface area (Å²) in [6.45, 7) is 3.83. The number of aromatic nitrogens is 2. The van der Waals surface area contributed by atoms with E-state index in [9.17, 15) is 9.18 Å². The van der Waals surface area contributed by atoms with Gasteiger partial charge in [-0.1, -0.05) is 27.7 Å². The maximum atomic E-state index is 13.7. The Morgan fingerprint density at radius 1 is 1.30 bits per heavy atom. The second-order valence-corrected chi connectivity index (χ2v) is 6.72. The van der Waals surface area contributed by atoms with E-state index < -0.39 is 5.82 Å². The number of halogens is 2. The summed E-state index contributed by atoms with van der Waals surface area (Å²) in [6, 6.07) is 4.53. The smallest absolute Gasteiger partial charge is 0.224 e. The Morgan fingerprint density at radius 3 is 2.52 bits per heavy atom. The molecule has 1 N–H and O–H groups in total. The average Bonchev–Trinajstić information content (AvgIpc) is 2.49. The van der Waals surface area contributed by atoms with E-state index in [2.05, 4.69) is 31.2 Å². The van der Waals surface area contributed by atoms with Gasteiger partial charge in [0.1, 0.15) is 5.82 Å². The molecule has 0 aliphatic carbocycles. The summed E-state index contributed by atoms with van der Waals surface area (Å²) >= 11 is 4.67. The van der Waals surface area contributed by atoms with E-state index in [1.54, 1.807) is 6.07 Å². The largest absolute Gasteiger partial charge is 0.324 e. The number of aryl methyl sites for hydroxylation is 2. The van der Waals surface area contributed by atoms with E-state index in [1.165, 1.54) is 23.9 Å². The molecule has 7 heteroatoms. The van der Waals surface area contributed by atoms with Gasteiger partial charge in [-0.3, -0.25) is 4.79 Å². The van der Waals surface area contributed by atoms with Gasteiger partial charge in [-0.05, 0) is 50.3 Å². The number of thioether (sulfide) groups is 1. The van der Waals surface area contributed by atoms with Crippen LogP contribution < -0.4 is 5.32 Å². The second-order valence-electron chi connectivity index (χ2n) is 5.03. The van der Waals surface area contributed by atoms with Crippen LogP contribution in [0.3, 0.4) is 0 Å². The summed E-state index contributed by atoms with van der Waals surface area (Å²) in [5.74, 6) is -0.702. The highest BCUT2D eigenvalue weighted by Crippen LogP contribution is 2.20. The van der Waals surface area contributed by atoms with Crippen LogP contribution in [0.15, 0.2) is 27.8 Å². The number of benzene rings is 1. The minimum Gasteiger partial charge on any atom is -0.324 e.